The largest absolute Gasteiger partial charge is 0.394 e. The van der Waals surface area contributed by atoms with E-state index in [9.17, 15) is 5.11 Å². The van der Waals surface area contributed by atoms with Crippen molar-refractivity contribution in [2.24, 2.45) is 0 Å². The summed E-state index contributed by atoms with van der Waals surface area (Å²) in [5, 5.41) is 13.7. The lowest BCUT2D eigenvalue weighted by atomic mass is 9.92. The third kappa shape index (κ3) is 3.50. The van der Waals surface area contributed by atoms with Gasteiger partial charge in [0.15, 0.2) is 0 Å². The van der Waals surface area contributed by atoms with Gasteiger partial charge in [-0.15, -0.1) is 0 Å². The molecule has 0 radical (unpaired) electrons. The minimum atomic E-state index is -0.561. The Morgan fingerprint density at radius 3 is 2.58 bits per heavy atom. The summed E-state index contributed by atoms with van der Waals surface area (Å²) in [6.45, 7) is 1.94. The zero-order valence-electron chi connectivity index (χ0n) is 10.5. The van der Waals surface area contributed by atoms with Crippen molar-refractivity contribution in [3.05, 3.63) is 63.6 Å². The predicted octanol–water partition coefficient (Wildman–Crippen LogP) is 4.42. The monoisotopic (exact) mass is 339 g/mol. The van der Waals surface area contributed by atoms with E-state index in [1.165, 1.54) is 0 Å². The van der Waals surface area contributed by atoms with E-state index in [0.717, 1.165) is 15.7 Å². The molecule has 0 saturated carbocycles. The highest BCUT2D eigenvalue weighted by Crippen LogP contribution is 2.28. The molecule has 0 bridgehead atoms. The number of hydrogen-bond donors (Lipinski definition) is 2. The van der Waals surface area contributed by atoms with Crippen LogP contribution in [-0.4, -0.2) is 11.7 Å². The fourth-order valence-electron chi connectivity index (χ4n) is 1.92. The fraction of sp³-hybridized carbons (Fsp3) is 0.200. The molecule has 19 heavy (non-hydrogen) atoms. The van der Waals surface area contributed by atoms with Crippen molar-refractivity contribution in [3.8, 4) is 0 Å². The molecule has 0 aromatic heterocycles. The van der Waals surface area contributed by atoms with E-state index >= 15 is 0 Å². The van der Waals surface area contributed by atoms with E-state index in [4.69, 9.17) is 11.6 Å². The fourth-order valence-corrected chi connectivity index (χ4v) is 2.51. The van der Waals surface area contributed by atoms with Crippen LogP contribution in [0.3, 0.4) is 0 Å². The summed E-state index contributed by atoms with van der Waals surface area (Å²) in [4.78, 5) is 0. The van der Waals surface area contributed by atoms with E-state index < -0.39 is 5.54 Å². The van der Waals surface area contributed by atoms with Crippen LogP contribution >= 0.6 is 27.5 Å². The van der Waals surface area contributed by atoms with E-state index in [-0.39, 0.29) is 6.61 Å². The van der Waals surface area contributed by atoms with E-state index in [2.05, 4.69) is 21.2 Å². The molecule has 2 N–H and O–H groups in total. The van der Waals surface area contributed by atoms with Crippen LogP contribution in [0.15, 0.2) is 53.0 Å². The molecular weight excluding hydrogens is 326 g/mol. The third-order valence-electron chi connectivity index (χ3n) is 3.02. The average Bonchev–Trinajstić information content (AvgIpc) is 2.38. The molecule has 2 aromatic rings. The minimum absolute atomic E-state index is 0.0179. The average molecular weight is 341 g/mol. The molecule has 2 rings (SSSR count). The van der Waals surface area contributed by atoms with Gasteiger partial charge < -0.3 is 10.4 Å². The quantitative estimate of drug-likeness (QED) is 0.863. The summed E-state index contributed by atoms with van der Waals surface area (Å²) in [5.41, 5.74) is 1.32. The van der Waals surface area contributed by atoms with Gasteiger partial charge in [-0.25, -0.2) is 0 Å². The van der Waals surface area contributed by atoms with E-state index in [0.29, 0.717) is 5.02 Å². The van der Waals surface area contributed by atoms with Crippen LogP contribution in [0.2, 0.25) is 5.02 Å². The summed E-state index contributed by atoms with van der Waals surface area (Å²) < 4.78 is 0.984. The van der Waals surface area contributed by atoms with Crippen LogP contribution in [0.1, 0.15) is 12.5 Å². The lowest BCUT2D eigenvalue weighted by molar-refractivity contribution is 0.224. The molecule has 0 amide bonds. The molecular formula is C15H15BrClNO. The van der Waals surface area contributed by atoms with Gasteiger partial charge >= 0.3 is 0 Å². The Balaban J connectivity index is 2.32. The first kappa shape index (κ1) is 14.4. The zero-order valence-corrected chi connectivity index (χ0v) is 12.9. The van der Waals surface area contributed by atoms with Gasteiger partial charge in [0.2, 0.25) is 0 Å². The SMILES string of the molecule is CC(CO)(Nc1cccc(Cl)c1)c1cccc(Br)c1. The standard InChI is InChI=1S/C15H15BrClNO/c1-15(10-19,11-4-2-5-12(16)8-11)18-14-7-3-6-13(17)9-14/h2-9,18-19H,10H2,1H3. The van der Waals surface area contributed by atoms with Crippen LogP contribution in [0.5, 0.6) is 0 Å². The molecule has 0 aliphatic heterocycles. The molecule has 0 spiro atoms. The Labute approximate surface area is 126 Å². The van der Waals surface area contributed by atoms with Crippen LogP contribution in [0, 0.1) is 0 Å². The van der Waals surface area contributed by atoms with Crippen LogP contribution in [0.25, 0.3) is 0 Å². The summed E-state index contributed by atoms with van der Waals surface area (Å²) >= 11 is 9.43. The molecule has 2 aromatic carbocycles. The summed E-state index contributed by atoms with van der Waals surface area (Å²) in [6.07, 6.45) is 0. The second-order valence-electron chi connectivity index (χ2n) is 4.64. The first-order valence-corrected chi connectivity index (χ1v) is 7.11. The second kappa shape index (κ2) is 5.95. The Morgan fingerprint density at radius 2 is 1.95 bits per heavy atom. The molecule has 1 atom stereocenters. The lowest BCUT2D eigenvalue weighted by Crippen LogP contribution is -2.35. The number of halogens is 2. The minimum Gasteiger partial charge on any atom is -0.394 e. The Morgan fingerprint density at radius 1 is 1.21 bits per heavy atom. The van der Waals surface area contributed by atoms with E-state index in [1.54, 1.807) is 0 Å². The second-order valence-corrected chi connectivity index (χ2v) is 5.99. The summed E-state index contributed by atoms with van der Waals surface area (Å²) in [6, 6.07) is 15.4. The lowest BCUT2D eigenvalue weighted by Gasteiger charge is -2.30. The molecule has 0 fully saturated rings. The van der Waals surface area contributed by atoms with Crippen molar-refractivity contribution in [3.63, 3.8) is 0 Å². The Kier molecular flexibility index (Phi) is 4.50. The van der Waals surface area contributed by atoms with Crippen molar-refractivity contribution in [1.29, 1.82) is 0 Å². The summed E-state index contributed by atoms with van der Waals surface area (Å²) in [5.74, 6) is 0. The molecule has 1 unspecified atom stereocenters. The number of benzene rings is 2. The van der Waals surface area contributed by atoms with Gasteiger partial charge in [0.25, 0.3) is 0 Å². The van der Waals surface area contributed by atoms with Gasteiger partial charge in [-0.1, -0.05) is 45.7 Å². The highest BCUT2D eigenvalue weighted by atomic mass is 79.9. The van der Waals surface area contributed by atoms with Gasteiger partial charge in [-0.05, 0) is 42.8 Å². The molecule has 0 aliphatic rings. The normalized spacial score (nSPS) is 13.9. The molecule has 2 nitrogen and oxygen atoms in total. The molecule has 0 heterocycles. The van der Waals surface area contributed by atoms with Crippen LogP contribution < -0.4 is 5.32 Å². The maximum Gasteiger partial charge on any atom is 0.0828 e. The van der Waals surface area contributed by atoms with Gasteiger partial charge in [0, 0.05) is 15.2 Å². The van der Waals surface area contributed by atoms with Crippen molar-refractivity contribution in [1.82, 2.24) is 0 Å². The van der Waals surface area contributed by atoms with Crippen molar-refractivity contribution in [2.75, 3.05) is 11.9 Å². The molecule has 0 saturated heterocycles. The number of hydrogen-bond acceptors (Lipinski definition) is 2. The predicted molar refractivity (Wildman–Crippen MR) is 83.7 cm³/mol. The van der Waals surface area contributed by atoms with Gasteiger partial charge in [-0.3, -0.25) is 0 Å². The molecule has 0 aliphatic carbocycles. The highest BCUT2D eigenvalue weighted by Gasteiger charge is 2.25. The van der Waals surface area contributed by atoms with E-state index in [1.807, 2.05) is 55.5 Å². The first-order valence-electron chi connectivity index (χ1n) is 5.94. The number of rotatable bonds is 4. The number of aliphatic hydroxyl groups is 1. The van der Waals surface area contributed by atoms with Crippen molar-refractivity contribution in [2.45, 2.75) is 12.5 Å². The number of aliphatic hydroxyl groups excluding tert-OH is 1. The first-order chi connectivity index (χ1) is 9.03. The summed E-state index contributed by atoms with van der Waals surface area (Å²) in [7, 11) is 0. The molecule has 4 heteroatoms. The Hall–Kier alpha value is -1.03. The van der Waals surface area contributed by atoms with Gasteiger partial charge in [0.05, 0.1) is 12.1 Å². The highest BCUT2D eigenvalue weighted by molar-refractivity contribution is 9.10. The number of anilines is 1. The molecule has 100 valence electrons. The smallest absolute Gasteiger partial charge is 0.0828 e. The maximum atomic E-state index is 9.75. The zero-order chi connectivity index (χ0) is 13.9. The van der Waals surface area contributed by atoms with Crippen molar-refractivity contribution >= 4 is 33.2 Å². The van der Waals surface area contributed by atoms with Crippen molar-refractivity contribution < 1.29 is 5.11 Å². The maximum absolute atomic E-state index is 9.75. The third-order valence-corrected chi connectivity index (χ3v) is 3.75. The van der Waals surface area contributed by atoms with Gasteiger partial charge in [-0.2, -0.15) is 0 Å². The Bertz CT molecular complexity index is 576. The van der Waals surface area contributed by atoms with Crippen LogP contribution in [0.4, 0.5) is 5.69 Å². The van der Waals surface area contributed by atoms with Gasteiger partial charge in [0.1, 0.15) is 0 Å². The topological polar surface area (TPSA) is 32.3 Å². The van der Waals surface area contributed by atoms with Crippen LogP contribution in [-0.2, 0) is 5.54 Å². The number of nitrogens with one attached hydrogen (secondary N) is 1.